The third-order valence-corrected chi connectivity index (χ3v) is 3.61. The summed E-state index contributed by atoms with van der Waals surface area (Å²) in [7, 11) is 0. The zero-order valence-corrected chi connectivity index (χ0v) is 12.5. The maximum atomic E-state index is 12.9. The molecule has 112 valence electrons. The molecule has 0 fully saturated rings. The van der Waals surface area contributed by atoms with Crippen LogP contribution in [-0.4, -0.2) is 5.78 Å². The summed E-state index contributed by atoms with van der Waals surface area (Å²) < 4.78 is 12.9. The van der Waals surface area contributed by atoms with Gasteiger partial charge >= 0.3 is 0 Å². The molecule has 2 aromatic carbocycles. The van der Waals surface area contributed by atoms with Crippen LogP contribution < -0.4 is 0 Å². The molecule has 2 aromatic rings. The first-order valence-corrected chi connectivity index (χ1v) is 7.40. The van der Waals surface area contributed by atoms with Gasteiger partial charge in [-0.25, -0.2) is 4.39 Å². The van der Waals surface area contributed by atoms with Crippen LogP contribution in [0.15, 0.2) is 73.0 Å². The summed E-state index contributed by atoms with van der Waals surface area (Å²) in [5.74, 6) is -0.604. The molecule has 0 spiro atoms. The molecule has 0 amide bonds. The molecular weight excluding hydrogens is 275 g/mol. The van der Waals surface area contributed by atoms with Crippen molar-refractivity contribution in [3.05, 3.63) is 89.9 Å². The Kier molecular flexibility index (Phi) is 5.88. The molecule has 0 saturated heterocycles. The van der Waals surface area contributed by atoms with E-state index in [1.54, 1.807) is 6.08 Å². The minimum atomic E-state index is -0.337. The van der Waals surface area contributed by atoms with Gasteiger partial charge in [0.1, 0.15) is 5.82 Å². The number of hydrogen-bond donors (Lipinski definition) is 0. The van der Waals surface area contributed by atoms with E-state index in [0.717, 1.165) is 19.3 Å². The molecule has 0 saturated carbocycles. The maximum Gasteiger partial charge on any atom is 0.170 e. The Morgan fingerprint density at radius 3 is 2.45 bits per heavy atom. The second-order valence-electron chi connectivity index (χ2n) is 5.23. The van der Waals surface area contributed by atoms with E-state index < -0.39 is 0 Å². The molecular formula is C20H19FO. The largest absolute Gasteiger partial charge is 0.293 e. The summed E-state index contributed by atoms with van der Waals surface area (Å²) in [5.41, 5.74) is 4.50. The molecule has 0 aromatic heterocycles. The van der Waals surface area contributed by atoms with Crippen LogP contribution in [0.1, 0.15) is 28.8 Å². The van der Waals surface area contributed by atoms with E-state index in [-0.39, 0.29) is 17.5 Å². The number of halogens is 1. The van der Waals surface area contributed by atoms with Gasteiger partial charge in [0, 0.05) is 11.5 Å². The molecule has 22 heavy (non-hydrogen) atoms. The van der Waals surface area contributed by atoms with Crippen molar-refractivity contribution >= 4 is 5.78 Å². The van der Waals surface area contributed by atoms with Crippen LogP contribution in [0.5, 0.6) is 0 Å². The van der Waals surface area contributed by atoms with Gasteiger partial charge in [-0.1, -0.05) is 36.9 Å². The highest BCUT2D eigenvalue weighted by Crippen LogP contribution is 2.18. The molecule has 0 bridgehead atoms. The van der Waals surface area contributed by atoms with Gasteiger partial charge in [0.25, 0.3) is 0 Å². The van der Waals surface area contributed by atoms with Crippen LogP contribution in [0.2, 0.25) is 0 Å². The van der Waals surface area contributed by atoms with Gasteiger partial charge in [-0.3, -0.25) is 4.79 Å². The standard InChI is InChI=1S/C20H19FO/c1-2-7-17(11-6-10-16-8-4-3-5-9-16)20(22)18-12-14-19(21)15-13-18/h3-5,7-9,12-15,17H,1,6,10-11H2. The first kappa shape index (κ1) is 15.9. The highest BCUT2D eigenvalue weighted by Gasteiger charge is 2.17. The van der Waals surface area contributed by atoms with E-state index in [0.29, 0.717) is 5.56 Å². The zero-order valence-electron chi connectivity index (χ0n) is 12.5. The van der Waals surface area contributed by atoms with Gasteiger partial charge in [0.2, 0.25) is 0 Å². The van der Waals surface area contributed by atoms with Crippen LogP contribution in [-0.2, 0) is 6.42 Å². The molecule has 1 unspecified atom stereocenters. The molecule has 1 atom stereocenters. The number of carbonyl (C=O) groups is 1. The summed E-state index contributed by atoms with van der Waals surface area (Å²) in [6.07, 6.45) is 4.27. The minimum absolute atomic E-state index is 0.00999. The predicted molar refractivity (Wildman–Crippen MR) is 87.3 cm³/mol. The third-order valence-electron chi connectivity index (χ3n) is 3.61. The Labute approximate surface area is 130 Å². The second-order valence-corrected chi connectivity index (χ2v) is 5.23. The SMILES string of the molecule is C=C=CC(CCCc1ccccc1)C(=O)c1ccc(F)cc1. The number of benzene rings is 2. The van der Waals surface area contributed by atoms with Crippen molar-refractivity contribution in [1.29, 1.82) is 0 Å². The number of hydrogen-bond acceptors (Lipinski definition) is 1. The first-order valence-electron chi connectivity index (χ1n) is 7.40. The topological polar surface area (TPSA) is 17.1 Å². The summed E-state index contributed by atoms with van der Waals surface area (Å²) in [5, 5.41) is 0. The molecule has 1 nitrogen and oxygen atoms in total. The second kappa shape index (κ2) is 8.11. The quantitative estimate of drug-likeness (QED) is 0.519. The lowest BCUT2D eigenvalue weighted by molar-refractivity contribution is 0.0939. The maximum absolute atomic E-state index is 12.9. The Morgan fingerprint density at radius 2 is 1.82 bits per heavy atom. The van der Waals surface area contributed by atoms with Crippen LogP contribution in [0.4, 0.5) is 4.39 Å². The van der Waals surface area contributed by atoms with Crippen LogP contribution >= 0.6 is 0 Å². The molecule has 0 aliphatic carbocycles. The van der Waals surface area contributed by atoms with Crippen molar-refractivity contribution in [1.82, 2.24) is 0 Å². The van der Waals surface area contributed by atoms with Crippen molar-refractivity contribution in [2.75, 3.05) is 0 Å². The Morgan fingerprint density at radius 1 is 1.14 bits per heavy atom. The van der Waals surface area contributed by atoms with E-state index >= 15 is 0 Å². The van der Waals surface area contributed by atoms with Crippen molar-refractivity contribution in [3.8, 4) is 0 Å². The fourth-order valence-electron chi connectivity index (χ4n) is 2.43. The molecule has 0 aliphatic heterocycles. The Bertz CT molecular complexity index is 652. The Hall–Kier alpha value is -2.44. The van der Waals surface area contributed by atoms with E-state index in [2.05, 4.69) is 24.4 Å². The summed E-state index contributed by atoms with van der Waals surface area (Å²) >= 11 is 0. The molecule has 0 N–H and O–H groups in total. The minimum Gasteiger partial charge on any atom is -0.293 e. The van der Waals surface area contributed by atoms with Gasteiger partial charge in [-0.05, 0) is 55.2 Å². The number of carbonyl (C=O) groups excluding carboxylic acids is 1. The lowest BCUT2D eigenvalue weighted by Gasteiger charge is -2.11. The molecule has 0 radical (unpaired) electrons. The van der Waals surface area contributed by atoms with E-state index in [1.807, 2.05) is 18.2 Å². The summed E-state index contributed by atoms with van der Waals surface area (Å²) in [6.45, 7) is 3.56. The number of ketones is 1. The summed E-state index contributed by atoms with van der Waals surface area (Å²) in [4.78, 5) is 12.5. The van der Waals surface area contributed by atoms with Gasteiger partial charge in [-0.2, -0.15) is 0 Å². The van der Waals surface area contributed by atoms with E-state index in [9.17, 15) is 9.18 Å². The highest BCUT2D eigenvalue weighted by atomic mass is 19.1. The lowest BCUT2D eigenvalue weighted by atomic mass is 9.91. The smallest absolute Gasteiger partial charge is 0.170 e. The molecule has 0 heterocycles. The van der Waals surface area contributed by atoms with Gasteiger partial charge in [0.15, 0.2) is 5.78 Å². The van der Waals surface area contributed by atoms with Crippen molar-refractivity contribution < 1.29 is 9.18 Å². The van der Waals surface area contributed by atoms with Crippen LogP contribution in [0.3, 0.4) is 0 Å². The van der Waals surface area contributed by atoms with E-state index in [1.165, 1.54) is 29.8 Å². The normalized spacial score (nSPS) is 11.5. The number of Topliss-reactive ketones (excluding diaryl/α,β-unsaturated/α-hetero) is 1. The van der Waals surface area contributed by atoms with Crippen molar-refractivity contribution in [2.45, 2.75) is 19.3 Å². The number of aryl methyl sites for hydroxylation is 1. The monoisotopic (exact) mass is 294 g/mol. The average molecular weight is 294 g/mol. The number of allylic oxidation sites excluding steroid dienone is 1. The fourth-order valence-corrected chi connectivity index (χ4v) is 2.43. The van der Waals surface area contributed by atoms with Gasteiger partial charge in [0.05, 0.1) is 0 Å². The first-order chi connectivity index (χ1) is 10.7. The molecule has 2 heteroatoms. The van der Waals surface area contributed by atoms with Crippen LogP contribution in [0, 0.1) is 11.7 Å². The van der Waals surface area contributed by atoms with Gasteiger partial charge in [-0.15, -0.1) is 5.73 Å². The zero-order chi connectivity index (χ0) is 15.8. The lowest BCUT2D eigenvalue weighted by Crippen LogP contribution is -2.13. The van der Waals surface area contributed by atoms with E-state index in [4.69, 9.17) is 0 Å². The summed E-state index contributed by atoms with van der Waals surface area (Å²) in [6, 6.07) is 15.9. The molecule has 0 aliphatic rings. The number of rotatable bonds is 7. The van der Waals surface area contributed by atoms with Crippen molar-refractivity contribution in [2.24, 2.45) is 5.92 Å². The molecule has 2 rings (SSSR count). The van der Waals surface area contributed by atoms with Crippen LogP contribution in [0.25, 0.3) is 0 Å². The third kappa shape index (κ3) is 4.54. The van der Waals surface area contributed by atoms with Gasteiger partial charge < -0.3 is 0 Å². The predicted octanol–water partition coefficient (Wildman–Crippen LogP) is 4.99. The average Bonchev–Trinajstić information content (AvgIpc) is 2.55. The fraction of sp³-hybridized carbons (Fsp3) is 0.200. The Balaban J connectivity index is 1.98. The van der Waals surface area contributed by atoms with Crippen molar-refractivity contribution in [3.63, 3.8) is 0 Å². The highest BCUT2D eigenvalue weighted by molar-refractivity contribution is 5.98.